The fraction of sp³-hybridized carbons (Fsp3) is 0.526. The topological polar surface area (TPSA) is 98.2 Å². The number of nitrogens with zero attached hydrogens (tertiary/aromatic N) is 1. The molecule has 0 aliphatic carbocycles. The first kappa shape index (κ1) is 23.7. The van der Waals surface area contributed by atoms with Gasteiger partial charge in [0.25, 0.3) is 0 Å². The first-order valence-electron chi connectivity index (χ1n) is 9.20. The molecule has 9 heteroatoms. The summed E-state index contributed by atoms with van der Waals surface area (Å²) in [5.41, 5.74) is 2.76. The third-order valence-electron chi connectivity index (χ3n) is 3.26. The summed E-state index contributed by atoms with van der Waals surface area (Å²) in [7, 11) is 0. The Morgan fingerprint density at radius 3 is 2.54 bits per heavy atom. The minimum absolute atomic E-state index is 0.132. The number of hydrogen-bond acceptors (Lipinski definition) is 6. The molecule has 2 amide bonds. The Kier molecular flexibility index (Phi) is 11.0. The van der Waals surface area contributed by atoms with Gasteiger partial charge in [-0.1, -0.05) is 11.6 Å². The molecule has 0 saturated carbocycles. The maximum Gasteiger partial charge on any atom is 0.329 e. The van der Waals surface area contributed by atoms with Crippen molar-refractivity contribution in [1.29, 1.82) is 0 Å². The number of ether oxygens (including phenoxy) is 3. The zero-order valence-corrected chi connectivity index (χ0v) is 17.5. The van der Waals surface area contributed by atoms with Crippen LogP contribution in [0.2, 0.25) is 5.02 Å². The summed E-state index contributed by atoms with van der Waals surface area (Å²) < 4.78 is 16.4. The first-order chi connectivity index (χ1) is 13.4. The summed E-state index contributed by atoms with van der Waals surface area (Å²) in [4.78, 5) is 23.4. The molecule has 0 spiro atoms. The fourth-order valence-corrected chi connectivity index (χ4v) is 2.37. The molecule has 0 heterocycles. The van der Waals surface area contributed by atoms with E-state index in [2.05, 4.69) is 15.8 Å². The van der Waals surface area contributed by atoms with Gasteiger partial charge in [-0.25, -0.2) is 5.43 Å². The van der Waals surface area contributed by atoms with Gasteiger partial charge in [-0.3, -0.25) is 9.59 Å². The largest absolute Gasteiger partial charge is 0.490 e. The van der Waals surface area contributed by atoms with Crippen LogP contribution in [0.25, 0.3) is 0 Å². The summed E-state index contributed by atoms with van der Waals surface area (Å²) >= 11 is 6.21. The molecule has 0 saturated heterocycles. The lowest BCUT2D eigenvalue weighted by Gasteiger charge is -2.13. The minimum atomic E-state index is -0.858. The summed E-state index contributed by atoms with van der Waals surface area (Å²) in [5.74, 6) is -0.691. The number of halogens is 1. The quantitative estimate of drug-likeness (QED) is 0.251. The van der Waals surface area contributed by atoms with E-state index in [1.165, 1.54) is 6.21 Å². The number of carbonyl (C=O) groups is 2. The van der Waals surface area contributed by atoms with Gasteiger partial charge in [0.05, 0.1) is 30.6 Å². The number of rotatable bonds is 11. The molecule has 0 aromatic heterocycles. The SMILES string of the molecule is CCOc1cc(/C=N\NC(=O)C(=O)NCCCOC(C)C)cc(Cl)c1OCC. The summed E-state index contributed by atoms with van der Waals surface area (Å²) in [6.07, 6.45) is 2.12. The maximum absolute atomic E-state index is 11.7. The zero-order chi connectivity index (χ0) is 20.9. The Balaban J connectivity index is 2.57. The van der Waals surface area contributed by atoms with E-state index in [1.54, 1.807) is 12.1 Å². The molecule has 2 N–H and O–H groups in total. The Morgan fingerprint density at radius 2 is 1.89 bits per heavy atom. The lowest BCUT2D eigenvalue weighted by atomic mass is 10.2. The highest BCUT2D eigenvalue weighted by molar-refractivity contribution is 6.35. The van der Waals surface area contributed by atoms with Crippen LogP contribution in [0.15, 0.2) is 17.2 Å². The molecular formula is C19H28ClN3O5. The normalized spacial score (nSPS) is 10.9. The smallest absolute Gasteiger partial charge is 0.329 e. The molecule has 8 nitrogen and oxygen atoms in total. The van der Waals surface area contributed by atoms with Crippen molar-refractivity contribution < 1.29 is 23.8 Å². The van der Waals surface area contributed by atoms with Gasteiger partial charge in [0, 0.05) is 13.2 Å². The van der Waals surface area contributed by atoms with Crippen LogP contribution in [0.3, 0.4) is 0 Å². The molecule has 0 aliphatic heterocycles. The van der Waals surface area contributed by atoms with Gasteiger partial charge < -0.3 is 19.5 Å². The van der Waals surface area contributed by atoms with Crippen molar-refractivity contribution in [1.82, 2.24) is 10.7 Å². The van der Waals surface area contributed by atoms with E-state index in [0.29, 0.717) is 54.9 Å². The molecule has 1 aromatic carbocycles. The van der Waals surface area contributed by atoms with Crippen LogP contribution in [0.5, 0.6) is 11.5 Å². The maximum atomic E-state index is 11.7. The van der Waals surface area contributed by atoms with Crippen LogP contribution in [-0.2, 0) is 14.3 Å². The molecule has 28 heavy (non-hydrogen) atoms. The number of nitrogens with one attached hydrogen (secondary N) is 2. The van der Waals surface area contributed by atoms with Crippen molar-refractivity contribution in [2.24, 2.45) is 5.10 Å². The molecular weight excluding hydrogens is 386 g/mol. The van der Waals surface area contributed by atoms with Crippen LogP contribution in [0.4, 0.5) is 0 Å². The van der Waals surface area contributed by atoms with E-state index in [1.807, 2.05) is 27.7 Å². The van der Waals surface area contributed by atoms with Gasteiger partial charge in [-0.05, 0) is 51.8 Å². The summed E-state index contributed by atoms with van der Waals surface area (Å²) in [6.45, 7) is 9.29. The van der Waals surface area contributed by atoms with Crippen molar-refractivity contribution >= 4 is 29.6 Å². The molecule has 0 radical (unpaired) electrons. The van der Waals surface area contributed by atoms with Gasteiger partial charge in [0.1, 0.15) is 0 Å². The van der Waals surface area contributed by atoms with Gasteiger partial charge in [0.15, 0.2) is 11.5 Å². The van der Waals surface area contributed by atoms with Crippen molar-refractivity contribution in [2.45, 2.75) is 40.2 Å². The molecule has 0 aliphatic rings. The molecule has 1 aromatic rings. The van der Waals surface area contributed by atoms with E-state index in [9.17, 15) is 9.59 Å². The van der Waals surface area contributed by atoms with Crippen LogP contribution >= 0.6 is 11.6 Å². The first-order valence-corrected chi connectivity index (χ1v) is 9.58. The van der Waals surface area contributed by atoms with Crippen molar-refractivity contribution in [3.63, 3.8) is 0 Å². The fourth-order valence-electron chi connectivity index (χ4n) is 2.10. The average molecular weight is 414 g/mol. The molecule has 0 bridgehead atoms. The van der Waals surface area contributed by atoms with E-state index < -0.39 is 11.8 Å². The monoisotopic (exact) mass is 413 g/mol. The van der Waals surface area contributed by atoms with Crippen LogP contribution in [0.1, 0.15) is 39.7 Å². The van der Waals surface area contributed by atoms with Crippen molar-refractivity contribution in [3.8, 4) is 11.5 Å². The van der Waals surface area contributed by atoms with E-state index in [-0.39, 0.29) is 6.10 Å². The van der Waals surface area contributed by atoms with Crippen LogP contribution in [-0.4, -0.2) is 50.5 Å². The van der Waals surface area contributed by atoms with Crippen molar-refractivity contribution in [2.75, 3.05) is 26.4 Å². The molecule has 0 fully saturated rings. The predicted octanol–water partition coefficient (Wildman–Crippen LogP) is 2.52. The second-order valence-corrected chi connectivity index (χ2v) is 6.33. The third kappa shape index (κ3) is 8.58. The van der Waals surface area contributed by atoms with Crippen LogP contribution < -0.4 is 20.2 Å². The van der Waals surface area contributed by atoms with Crippen LogP contribution in [0, 0.1) is 0 Å². The highest BCUT2D eigenvalue weighted by atomic mass is 35.5. The van der Waals surface area contributed by atoms with Gasteiger partial charge in [-0.2, -0.15) is 5.10 Å². The summed E-state index contributed by atoms with van der Waals surface area (Å²) in [5, 5.41) is 6.64. The Bertz CT molecular complexity index is 680. The highest BCUT2D eigenvalue weighted by Crippen LogP contribution is 2.36. The zero-order valence-electron chi connectivity index (χ0n) is 16.7. The van der Waals surface area contributed by atoms with Crippen molar-refractivity contribution in [3.05, 3.63) is 22.7 Å². The van der Waals surface area contributed by atoms with Gasteiger partial charge in [-0.15, -0.1) is 0 Å². The number of amides is 2. The van der Waals surface area contributed by atoms with Gasteiger partial charge in [0.2, 0.25) is 0 Å². The lowest BCUT2D eigenvalue weighted by Crippen LogP contribution is -2.38. The summed E-state index contributed by atoms with van der Waals surface area (Å²) in [6, 6.07) is 3.31. The number of hydrazone groups is 1. The van der Waals surface area contributed by atoms with E-state index in [0.717, 1.165) is 0 Å². The molecule has 0 atom stereocenters. The minimum Gasteiger partial charge on any atom is -0.490 e. The standard InChI is InChI=1S/C19H28ClN3O5/c1-5-26-16-11-14(10-15(20)17(16)27-6-2)12-22-23-19(25)18(24)21-8-7-9-28-13(3)4/h10-13H,5-9H2,1-4H3,(H,21,24)(H,23,25)/b22-12-. The molecule has 0 unspecified atom stereocenters. The van der Waals surface area contributed by atoms with E-state index >= 15 is 0 Å². The molecule has 156 valence electrons. The van der Waals surface area contributed by atoms with E-state index in [4.69, 9.17) is 25.8 Å². The highest BCUT2D eigenvalue weighted by Gasteiger charge is 2.13. The molecule has 1 rings (SSSR count). The predicted molar refractivity (Wildman–Crippen MR) is 108 cm³/mol. The Labute approximate surface area is 170 Å². The average Bonchev–Trinajstić information content (AvgIpc) is 2.64. The second-order valence-electron chi connectivity index (χ2n) is 5.92. The Hall–Kier alpha value is -2.32. The van der Waals surface area contributed by atoms with Gasteiger partial charge >= 0.3 is 11.8 Å². The second kappa shape index (κ2) is 13.0. The lowest BCUT2D eigenvalue weighted by molar-refractivity contribution is -0.139. The number of carbonyl (C=O) groups excluding carboxylic acids is 2. The number of hydrogen-bond donors (Lipinski definition) is 2. The number of benzene rings is 1. The Morgan fingerprint density at radius 1 is 1.18 bits per heavy atom. The third-order valence-corrected chi connectivity index (χ3v) is 3.54.